The van der Waals surface area contributed by atoms with Crippen molar-refractivity contribution in [3.8, 4) is 0 Å². The third-order valence-corrected chi connectivity index (χ3v) is 3.28. The summed E-state index contributed by atoms with van der Waals surface area (Å²) in [6.45, 7) is 3.80. The number of fused-ring (bicyclic) bond motifs is 1. The number of imide groups is 1. The van der Waals surface area contributed by atoms with Gasteiger partial charge in [0.1, 0.15) is 0 Å². The molecule has 3 heteroatoms. The SMILES string of the molecule is [CH2]Cc1ccc(N2C(=O)c3ccccc3C2=O)cc1. The number of rotatable bonds is 2. The number of hydrogen-bond donors (Lipinski definition) is 0. The van der Waals surface area contributed by atoms with Gasteiger partial charge in [-0.1, -0.05) is 24.3 Å². The number of benzene rings is 2. The molecular weight excluding hydrogens is 238 g/mol. The van der Waals surface area contributed by atoms with Crippen molar-refractivity contribution in [1.82, 2.24) is 0 Å². The Morgan fingerprint density at radius 2 is 1.37 bits per heavy atom. The fourth-order valence-corrected chi connectivity index (χ4v) is 2.24. The Balaban J connectivity index is 2.03. The van der Waals surface area contributed by atoms with Crippen LogP contribution in [0.1, 0.15) is 26.3 Å². The molecule has 0 aliphatic carbocycles. The van der Waals surface area contributed by atoms with E-state index < -0.39 is 0 Å². The third kappa shape index (κ3) is 1.74. The average Bonchev–Trinajstić information content (AvgIpc) is 2.72. The molecule has 0 atom stereocenters. The van der Waals surface area contributed by atoms with Crippen LogP contribution in [-0.2, 0) is 6.42 Å². The van der Waals surface area contributed by atoms with E-state index in [4.69, 9.17) is 0 Å². The summed E-state index contributed by atoms with van der Waals surface area (Å²) in [5.41, 5.74) is 2.60. The molecule has 0 spiro atoms. The lowest BCUT2D eigenvalue weighted by atomic mass is 10.1. The van der Waals surface area contributed by atoms with Gasteiger partial charge >= 0.3 is 0 Å². The highest BCUT2D eigenvalue weighted by atomic mass is 16.2. The summed E-state index contributed by atoms with van der Waals surface area (Å²) in [6.07, 6.45) is 0.683. The highest BCUT2D eigenvalue weighted by molar-refractivity contribution is 6.34. The topological polar surface area (TPSA) is 37.4 Å². The molecule has 3 rings (SSSR count). The van der Waals surface area contributed by atoms with E-state index in [2.05, 4.69) is 6.92 Å². The molecule has 3 nitrogen and oxygen atoms in total. The molecule has 93 valence electrons. The maximum atomic E-state index is 12.3. The van der Waals surface area contributed by atoms with E-state index in [9.17, 15) is 9.59 Å². The minimum absolute atomic E-state index is 0.261. The molecule has 2 aromatic carbocycles. The number of carbonyl (C=O) groups is 2. The summed E-state index contributed by atoms with van der Waals surface area (Å²) in [5, 5.41) is 0. The van der Waals surface area contributed by atoms with Crippen molar-refractivity contribution in [3.05, 3.63) is 72.1 Å². The first-order chi connectivity index (χ1) is 9.22. The summed E-state index contributed by atoms with van der Waals surface area (Å²) in [4.78, 5) is 25.7. The van der Waals surface area contributed by atoms with Crippen LogP contribution in [0.3, 0.4) is 0 Å². The van der Waals surface area contributed by atoms with Gasteiger partial charge in [0, 0.05) is 0 Å². The molecular formula is C16H12NO2. The second-order valence-electron chi connectivity index (χ2n) is 4.41. The van der Waals surface area contributed by atoms with E-state index in [0.29, 0.717) is 23.2 Å². The lowest BCUT2D eigenvalue weighted by Gasteiger charge is -2.14. The maximum Gasteiger partial charge on any atom is 0.266 e. The molecule has 0 bridgehead atoms. The molecule has 1 radical (unpaired) electrons. The first-order valence-corrected chi connectivity index (χ1v) is 6.08. The van der Waals surface area contributed by atoms with Crippen LogP contribution in [0.5, 0.6) is 0 Å². The van der Waals surface area contributed by atoms with Crippen molar-refractivity contribution in [2.24, 2.45) is 0 Å². The Hall–Kier alpha value is -2.42. The molecule has 0 N–H and O–H groups in total. The standard InChI is InChI=1S/C16H12NO2/c1-2-11-7-9-12(10-8-11)17-15(18)13-5-3-4-6-14(13)16(17)19/h3-10H,1-2H2. The third-order valence-electron chi connectivity index (χ3n) is 3.28. The van der Waals surface area contributed by atoms with Gasteiger partial charge in [0.2, 0.25) is 0 Å². The summed E-state index contributed by atoms with van der Waals surface area (Å²) in [6, 6.07) is 14.2. The van der Waals surface area contributed by atoms with E-state index >= 15 is 0 Å². The van der Waals surface area contributed by atoms with Crippen LogP contribution in [0.2, 0.25) is 0 Å². The lowest BCUT2D eigenvalue weighted by molar-refractivity contribution is 0.0926. The zero-order valence-electron chi connectivity index (χ0n) is 10.3. The molecule has 1 aliphatic rings. The number of hydrogen-bond acceptors (Lipinski definition) is 2. The van der Waals surface area contributed by atoms with Crippen molar-refractivity contribution in [1.29, 1.82) is 0 Å². The van der Waals surface area contributed by atoms with Crippen molar-refractivity contribution < 1.29 is 9.59 Å². The first kappa shape index (κ1) is 11.7. The van der Waals surface area contributed by atoms with Gasteiger partial charge in [-0.25, -0.2) is 4.90 Å². The van der Waals surface area contributed by atoms with Gasteiger partial charge in [0.15, 0.2) is 0 Å². The monoisotopic (exact) mass is 250 g/mol. The Labute approximate surface area is 111 Å². The molecule has 0 aromatic heterocycles. The van der Waals surface area contributed by atoms with Crippen LogP contribution in [0, 0.1) is 6.92 Å². The van der Waals surface area contributed by atoms with E-state index in [-0.39, 0.29) is 11.8 Å². The smallest absolute Gasteiger partial charge is 0.266 e. The van der Waals surface area contributed by atoms with Gasteiger partial charge in [-0.2, -0.15) is 0 Å². The van der Waals surface area contributed by atoms with Crippen molar-refractivity contribution in [3.63, 3.8) is 0 Å². The van der Waals surface area contributed by atoms with Crippen LogP contribution >= 0.6 is 0 Å². The number of anilines is 1. The van der Waals surface area contributed by atoms with E-state index in [1.54, 1.807) is 36.4 Å². The van der Waals surface area contributed by atoms with Crippen molar-refractivity contribution in [2.75, 3.05) is 4.90 Å². The number of nitrogens with zero attached hydrogens (tertiary/aromatic N) is 1. The molecule has 0 fully saturated rings. The van der Waals surface area contributed by atoms with Crippen LogP contribution in [0.4, 0.5) is 5.69 Å². The summed E-state index contributed by atoms with van der Waals surface area (Å²) in [5.74, 6) is -0.522. The molecule has 0 saturated heterocycles. The predicted molar refractivity (Wildman–Crippen MR) is 73.1 cm³/mol. The lowest BCUT2D eigenvalue weighted by Crippen LogP contribution is -2.29. The summed E-state index contributed by atoms with van der Waals surface area (Å²) in [7, 11) is 0. The van der Waals surface area contributed by atoms with Crippen LogP contribution in [0.15, 0.2) is 48.5 Å². The predicted octanol–water partition coefficient (Wildman–Crippen LogP) is 2.86. The highest BCUT2D eigenvalue weighted by Crippen LogP contribution is 2.28. The molecule has 1 aliphatic heterocycles. The normalized spacial score (nSPS) is 13.8. The Morgan fingerprint density at radius 1 is 0.842 bits per heavy atom. The molecule has 0 unspecified atom stereocenters. The summed E-state index contributed by atoms with van der Waals surface area (Å²) < 4.78 is 0. The van der Waals surface area contributed by atoms with Crippen molar-refractivity contribution >= 4 is 17.5 Å². The molecule has 2 aromatic rings. The number of carbonyl (C=O) groups excluding carboxylic acids is 2. The average molecular weight is 250 g/mol. The minimum Gasteiger partial charge on any atom is -0.268 e. The first-order valence-electron chi connectivity index (χ1n) is 6.08. The van der Waals surface area contributed by atoms with Crippen LogP contribution in [-0.4, -0.2) is 11.8 Å². The molecule has 19 heavy (non-hydrogen) atoms. The van der Waals surface area contributed by atoms with E-state index in [0.717, 1.165) is 5.56 Å². The zero-order chi connectivity index (χ0) is 13.4. The van der Waals surface area contributed by atoms with Gasteiger partial charge in [-0.3, -0.25) is 9.59 Å². The van der Waals surface area contributed by atoms with Crippen LogP contribution in [0.25, 0.3) is 0 Å². The Bertz CT molecular complexity index is 624. The quantitative estimate of drug-likeness (QED) is 0.768. The van der Waals surface area contributed by atoms with E-state index in [1.807, 2.05) is 12.1 Å². The van der Waals surface area contributed by atoms with E-state index in [1.165, 1.54) is 4.90 Å². The maximum absolute atomic E-state index is 12.3. The fraction of sp³-hybridized carbons (Fsp3) is 0.0625. The van der Waals surface area contributed by atoms with Gasteiger partial charge in [-0.15, -0.1) is 0 Å². The van der Waals surface area contributed by atoms with Gasteiger partial charge < -0.3 is 0 Å². The van der Waals surface area contributed by atoms with Gasteiger partial charge in [-0.05, 0) is 43.2 Å². The molecule has 1 heterocycles. The largest absolute Gasteiger partial charge is 0.268 e. The zero-order valence-corrected chi connectivity index (χ0v) is 10.3. The second-order valence-corrected chi connectivity index (χ2v) is 4.41. The Morgan fingerprint density at radius 3 is 1.84 bits per heavy atom. The second kappa shape index (κ2) is 4.35. The van der Waals surface area contributed by atoms with Gasteiger partial charge in [0.25, 0.3) is 11.8 Å². The summed E-state index contributed by atoms with van der Waals surface area (Å²) >= 11 is 0. The molecule has 2 amide bonds. The Kier molecular flexibility index (Phi) is 2.67. The number of amides is 2. The van der Waals surface area contributed by atoms with Crippen LogP contribution < -0.4 is 4.90 Å². The highest BCUT2D eigenvalue weighted by Gasteiger charge is 2.36. The van der Waals surface area contributed by atoms with Gasteiger partial charge in [0.05, 0.1) is 16.8 Å². The minimum atomic E-state index is -0.261. The fourth-order valence-electron chi connectivity index (χ4n) is 2.24. The molecule has 0 saturated carbocycles. The van der Waals surface area contributed by atoms with Crippen molar-refractivity contribution in [2.45, 2.75) is 6.42 Å².